The second kappa shape index (κ2) is 10.7. The van der Waals surface area contributed by atoms with E-state index in [1.807, 2.05) is 12.1 Å². The molecule has 0 atom stereocenters. The molecule has 4 rings (SSSR count). The third-order valence-electron chi connectivity index (χ3n) is 7.05. The molecular formula is C30H37N. The zero-order chi connectivity index (χ0) is 21.5. The average Bonchev–Trinajstić information content (AvgIpc) is 2.81. The Kier molecular flexibility index (Phi) is 7.46. The summed E-state index contributed by atoms with van der Waals surface area (Å²) in [5.41, 5.74) is 13.9. The van der Waals surface area contributed by atoms with Gasteiger partial charge >= 0.3 is 0 Å². The van der Waals surface area contributed by atoms with Crippen molar-refractivity contribution in [3.63, 3.8) is 0 Å². The van der Waals surface area contributed by atoms with E-state index < -0.39 is 0 Å². The van der Waals surface area contributed by atoms with Crippen molar-refractivity contribution in [3.8, 4) is 0 Å². The summed E-state index contributed by atoms with van der Waals surface area (Å²) < 4.78 is 0. The molecule has 0 radical (unpaired) electrons. The van der Waals surface area contributed by atoms with Crippen LogP contribution in [0.15, 0.2) is 72.8 Å². The van der Waals surface area contributed by atoms with Gasteiger partial charge in [-0.1, -0.05) is 74.0 Å². The first kappa shape index (κ1) is 21.7. The van der Waals surface area contributed by atoms with E-state index >= 15 is 0 Å². The van der Waals surface area contributed by atoms with Gasteiger partial charge < -0.3 is 5.73 Å². The first-order chi connectivity index (χ1) is 15.2. The van der Waals surface area contributed by atoms with E-state index in [2.05, 4.69) is 67.6 Å². The van der Waals surface area contributed by atoms with E-state index in [0.717, 1.165) is 23.9 Å². The SMILES string of the molecule is CCCCc1ccc(CC2CCC(c3ccc(Cc4ccc(N)cc4)cc3)CC2)cc1. The van der Waals surface area contributed by atoms with Crippen molar-refractivity contribution in [1.29, 1.82) is 0 Å². The van der Waals surface area contributed by atoms with Crippen molar-refractivity contribution < 1.29 is 0 Å². The van der Waals surface area contributed by atoms with Gasteiger partial charge in [-0.3, -0.25) is 0 Å². The molecule has 2 N–H and O–H groups in total. The lowest BCUT2D eigenvalue weighted by atomic mass is 9.76. The predicted octanol–water partition coefficient (Wildman–Crippen LogP) is 7.72. The van der Waals surface area contributed by atoms with Crippen LogP contribution in [-0.2, 0) is 19.3 Å². The maximum Gasteiger partial charge on any atom is 0.0314 e. The van der Waals surface area contributed by atoms with Crippen LogP contribution in [-0.4, -0.2) is 0 Å². The van der Waals surface area contributed by atoms with Crippen LogP contribution in [0.1, 0.15) is 79.2 Å². The normalized spacial score (nSPS) is 18.7. The first-order valence-corrected chi connectivity index (χ1v) is 12.2. The zero-order valence-corrected chi connectivity index (χ0v) is 19.0. The summed E-state index contributed by atoms with van der Waals surface area (Å²) >= 11 is 0. The number of unbranched alkanes of at least 4 members (excludes halogenated alkanes) is 1. The zero-order valence-electron chi connectivity index (χ0n) is 19.0. The molecule has 0 amide bonds. The molecule has 1 nitrogen and oxygen atoms in total. The molecule has 3 aromatic rings. The molecule has 1 saturated carbocycles. The van der Waals surface area contributed by atoms with Crippen LogP contribution in [0.5, 0.6) is 0 Å². The number of nitrogen functional groups attached to an aromatic ring is 1. The maximum atomic E-state index is 5.80. The van der Waals surface area contributed by atoms with Gasteiger partial charge in [0.15, 0.2) is 0 Å². The van der Waals surface area contributed by atoms with Gasteiger partial charge in [-0.2, -0.15) is 0 Å². The lowest BCUT2D eigenvalue weighted by molar-refractivity contribution is 0.324. The van der Waals surface area contributed by atoms with Crippen LogP contribution in [0, 0.1) is 5.92 Å². The summed E-state index contributed by atoms with van der Waals surface area (Å²) in [6.45, 7) is 2.26. The summed E-state index contributed by atoms with van der Waals surface area (Å²) in [4.78, 5) is 0. The lowest BCUT2D eigenvalue weighted by Crippen LogP contribution is -2.15. The molecule has 3 aromatic carbocycles. The Labute approximate surface area is 188 Å². The van der Waals surface area contributed by atoms with Gasteiger partial charge in [0, 0.05) is 5.69 Å². The number of hydrogen-bond donors (Lipinski definition) is 1. The average molecular weight is 412 g/mol. The summed E-state index contributed by atoms with van der Waals surface area (Å²) in [6.07, 6.45) is 11.4. The molecule has 0 spiro atoms. The first-order valence-electron chi connectivity index (χ1n) is 12.2. The number of nitrogens with two attached hydrogens (primary N) is 1. The molecule has 0 aliphatic heterocycles. The van der Waals surface area contributed by atoms with E-state index in [4.69, 9.17) is 5.73 Å². The van der Waals surface area contributed by atoms with Gasteiger partial charge in [-0.05, 0) is 103 Å². The fourth-order valence-corrected chi connectivity index (χ4v) is 5.03. The number of rotatable bonds is 8. The molecule has 31 heavy (non-hydrogen) atoms. The minimum Gasteiger partial charge on any atom is -0.399 e. The fourth-order valence-electron chi connectivity index (χ4n) is 5.03. The number of benzene rings is 3. The Morgan fingerprint density at radius 3 is 1.84 bits per heavy atom. The van der Waals surface area contributed by atoms with Crippen molar-refractivity contribution in [2.24, 2.45) is 5.92 Å². The Balaban J connectivity index is 1.26. The molecule has 0 saturated heterocycles. The van der Waals surface area contributed by atoms with Crippen LogP contribution in [0.2, 0.25) is 0 Å². The smallest absolute Gasteiger partial charge is 0.0314 e. The van der Waals surface area contributed by atoms with E-state index in [1.165, 1.54) is 79.2 Å². The monoisotopic (exact) mass is 411 g/mol. The highest BCUT2D eigenvalue weighted by molar-refractivity contribution is 5.41. The molecule has 1 fully saturated rings. The second-order valence-electron chi connectivity index (χ2n) is 9.50. The minimum atomic E-state index is 0.734. The van der Waals surface area contributed by atoms with E-state index in [9.17, 15) is 0 Å². The van der Waals surface area contributed by atoms with Gasteiger partial charge in [-0.25, -0.2) is 0 Å². The third-order valence-corrected chi connectivity index (χ3v) is 7.05. The maximum absolute atomic E-state index is 5.80. The molecule has 0 heterocycles. The number of hydrogen-bond acceptors (Lipinski definition) is 1. The van der Waals surface area contributed by atoms with Crippen molar-refractivity contribution in [2.45, 2.75) is 70.6 Å². The van der Waals surface area contributed by atoms with Crippen molar-refractivity contribution in [2.75, 3.05) is 5.73 Å². The highest BCUT2D eigenvalue weighted by atomic mass is 14.5. The topological polar surface area (TPSA) is 26.0 Å². The molecule has 1 aliphatic rings. The van der Waals surface area contributed by atoms with Gasteiger partial charge in [-0.15, -0.1) is 0 Å². The lowest BCUT2D eigenvalue weighted by Gasteiger charge is -2.29. The summed E-state index contributed by atoms with van der Waals surface area (Å²) in [5.74, 6) is 1.58. The predicted molar refractivity (Wildman–Crippen MR) is 134 cm³/mol. The van der Waals surface area contributed by atoms with Crippen molar-refractivity contribution in [1.82, 2.24) is 0 Å². The molecule has 0 aromatic heterocycles. The summed E-state index contributed by atoms with van der Waals surface area (Å²) in [5, 5.41) is 0. The van der Waals surface area contributed by atoms with Crippen molar-refractivity contribution >= 4 is 5.69 Å². The minimum absolute atomic E-state index is 0.734. The Bertz CT molecular complexity index is 914. The van der Waals surface area contributed by atoms with Crippen molar-refractivity contribution in [3.05, 3.63) is 101 Å². The highest BCUT2D eigenvalue weighted by Gasteiger charge is 2.22. The van der Waals surface area contributed by atoms with Gasteiger partial charge in [0.05, 0.1) is 0 Å². The Morgan fingerprint density at radius 2 is 1.23 bits per heavy atom. The Morgan fingerprint density at radius 1 is 0.677 bits per heavy atom. The summed E-state index contributed by atoms with van der Waals surface area (Å²) in [7, 11) is 0. The Hall–Kier alpha value is -2.54. The third kappa shape index (κ3) is 6.23. The second-order valence-corrected chi connectivity index (χ2v) is 9.50. The van der Waals surface area contributed by atoms with Crippen LogP contribution in [0.25, 0.3) is 0 Å². The molecule has 1 heteroatoms. The summed E-state index contributed by atoms with van der Waals surface area (Å²) in [6, 6.07) is 27.0. The molecule has 1 aliphatic carbocycles. The van der Waals surface area contributed by atoms with E-state index in [-0.39, 0.29) is 0 Å². The molecule has 162 valence electrons. The quantitative estimate of drug-likeness (QED) is 0.377. The largest absolute Gasteiger partial charge is 0.399 e. The van der Waals surface area contributed by atoms with Gasteiger partial charge in [0.1, 0.15) is 0 Å². The number of anilines is 1. The molecule has 0 bridgehead atoms. The van der Waals surface area contributed by atoms with E-state index in [0.29, 0.717) is 0 Å². The van der Waals surface area contributed by atoms with Crippen LogP contribution < -0.4 is 5.73 Å². The van der Waals surface area contributed by atoms with Crippen LogP contribution in [0.4, 0.5) is 5.69 Å². The fraction of sp³-hybridized carbons (Fsp3) is 0.400. The molecular weight excluding hydrogens is 374 g/mol. The van der Waals surface area contributed by atoms with Gasteiger partial charge in [0.25, 0.3) is 0 Å². The van der Waals surface area contributed by atoms with E-state index in [1.54, 1.807) is 0 Å². The van der Waals surface area contributed by atoms with Crippen LogP contribution >= 0.6 is 0 Å². The van der Waals surface area contributed by atoms with Gasteiger partial charge in [0.2, 0.25) is 0 Å². The standard InChI is InChI=1S/C30H37N/c1-2-3-4-23-5-7-24(8-6-23)21-25-9-15-28(16-10-25)29-17-11-26(12-18-29)22-27-13-19-30(31)20-14-27/h5-8,11-14,17-20,25,28H,2-4,9-10,15-16,21-22,31H2,1H3. The van der Waals surface area contributed by atoms with Crippen LogP contribution in [0.3, 0.4) is 0 Å². The highest BCUT2D eigenvalue weighted by Crippen LogP contribution is 2.37. The number of aryl methyl sites for hydroxylation is 1. The molecule has 0 unspecified atom stereocenters.